The quantitative estimate of drug-likeness (QED) is 0.868. The van der Waals surface area contributed by atoms with E-state index in [0.717, 1.165) is 12.5 Å². The molecule has 0 radical (unpaired) electrons. The van der Waals surface area contributed by atoms with Gasteiger partial charge in [-0.25, -0.2) is 0 Å². The van der Waals surface area contributed by atoms with E-state index in [1.54, 1.807) is 6.07 Å². The zero-order chi connectivity index (χ0) is 18.2. The lowest BCUT2D eigenvalue weighted by molar-refractivity contribution is -0.153. The highest BCUT2D eigenvalue weighted by Crippen LogP contribution is 2.42. The average molecular weight is 355 g/mol. The topological polar surface area (TPSA) is 66.4 Å². The van der Waals surface area contributed by atoms with Crippen LogP contribution in [0.3, 0.4) is 0 Å². The van der Waals surface area contributed by atoms with E-state index in [-0.39, 0.29) is 17.5 Å². The highest BCUT2D eigenvalue weighted by molar-refractivity contribution is 5.86. The van der Waals surface area contributed by atoms with Crippen LogP contribution in [0.15, 0.2) is 24.3 Å². The van der Waals surface area contributed by atoms with Gasteiger partial charge in [0.1, 0.15) is 0 Å². The van der Waals surface area contributed by atoms with Gasteiger partial charge in [0.15, 0.2) is 0 Å². The van der Waals surface area contributed by atoms with Crippen LogP contribution >= 0.6 is 0 Å². The maximum Gasteiger partial charge on any atom is 0.416 e. The van der Waals surface area contributed by atoms with Crippen molar-refractivity contribution in [2.75, 3.05) is 0 Å². The van der Waals surface area contributed by atoms with Crippen LogP contribution in [0.25, 0.3) is 0 Å². The minimum Gasteiger partial charge on any atom is -0.481 e. The maximum absolute atomic E-state index is 13.3. The van der Waals surface area contributed by atoms with Crippen molar-refractivity contribution >= 4 is 11.9 Å². The first-order valence-corrected chi connectivity index (χ1v) is 8.48. The van der Waals surface area contributed by atoms with Crippen LogP contribution in [0.4, 0.5) is 13.2 Å². The van der Waals surface area contributed by atoms with Crippen molar-refractivity contribution < 1.29 is 27.9 Å². The lowest BCUT2D eigenvalue weighted by Crippen LogP contribution is -2.47. The van der Waals surface area contributed by atoms with Crippen LogP contribution in [0.2, 0.25) is 0 Å². The predicted octanol–water partition coefficient (Wildman–Crippen LogP) is 3.57. The van der Waals surface area contributed by atoms with Gasteiger partial charge in [-0.15, -0.1) is 0 Å². The van der Waals surface area contributed by atoms with Crippen LogP contribution in [0, 0.1) is 11.8 Å². The Morgan fingerprint density at radius 3 is 2.32 bits per heavy atom. The van der Waals surface area contributed by atoms with Gasteiger partial charge in [0.05, 0.1) is 17.4 Å². The standard InChI is InChI=1S/C18H20F3NO3/c19-18(20,21)14-6-2-1-4-10(14)11-5-3-7-15(11)22-16(23)12-8-9-13(12)17(24)25/h1-2,4,6,11-13,15H,3,5,7-9H2,(H,22,23)(H,24,25). The lowest BCUT2D eigenvalue weighted by atomic mass is 9.73. The summed E-state index contributed by atoms with van der Waals surface area (Å²) in [5, 5.41) is 11.9. The maximum atomic E-state index is 13.3. The molecule has 2 fully saturated rings. The molecule has 0 saturated heterocycles. The SMILES string of the molecule is O=C(O)C1CCC1C(=O)NC1CCCC1c1ccccc1C(F)(F)F. The summed E-state index contributed by atoms with van der Waals surface area (Å²) in [6.07, 6.45) is -1.54. The molecule has 0 aromatic heterocycles. The number of carboxylic acids is 1. The third-order valence-electron chi connectivity index (χ3n) is 5.44. The van der Waals surface area contributed by atoms with E-state index in [4.69, 9.17) is 5.11 Å². The predicted molar refractivity (Wildman–Crippen MR) is 83.8 cm³/mol. The van der Waals surface area contributed by atoms with Crippen LogP contribution in [-0.2, 0) is 15.8 Å². The molecule has 4 nitrogen and oxygen atoms in total. The molecule has 25 heavy (non-hydrogen) atoms. The van der Waals surface area contributed by atoms with Gasteiger partial charge in [0.2, 0.25) is 5.91 Å². The monoisotopic (exact) mass is 355 g/mol. The number of aliphatic carboxylic acids is 1. The summed E-state index contributed by atoms with van der Waals surface area (Å²) in [5.41, 5.74) is -0.450. The minimum absolute atomic E-state index is 0.209. The van der Waals surface area contributed by atoms with Gasteiger partial charge in [-0.1, -0.05) is 24.6 Å². The molecule has 0 aliphatic heterocycles. The molecule has 2 N–H and O–H groups in total. The van der Waals surface area contributed by atoms with Crippen LogP contribution in [-0.4, -0.2) is 23.0 Å². The fourth-order valence-electron chi connectivity index (χ4n) is 3.98. The molecule has 2 aliphatic rings. The molecule has 4 atom stereocenters. The van der Waals surface area contributed by atoms with Crippen molar-refractivity contribution in [2.24, 2.45) is 11.8 Å². The number of hydrogen-bond donors (Lipinski definition) is 2. The molecule has 2 aliphatic carbocycles. The summed E-state index contributed by atoms with van der Waals surface area (Å²) < 4.78 is 39.8. The number of carboxylic acid groups (broad SMARTS) is 1. The molecule has 4 unspecified atom stereocenters. The number of amides is 1. The van der Waals surface area contributed by atoms with E-state index in [0.29, 0.717) is 25.7 Å². The van der Waals surface area contributed by atoms with Crippen LogP contribution in [0.5, 0.6) is 0 Å². The second-order valence-electron chi connectivity index (χ2n) is 6.87. The number of halogens is 3. The second-order valence-corrected chi connectivity index (χ2v) is 6.87. The number of rotatable bonds is 4. The third-order valence-corrected chi connectivity index (χ3v) is 5.44. The Morgan fingerprint density at radius 2 is 1.72 bits per heavy atom. The Hall–Kier alpha value is -2.05. The summed E-state index contributed by atoms with van der Waals surface area (Å²) in [5.74, 6) is -2.99. The number of benzene rings is 1. The van der Waals surface area contributed by atoms with Crippen LogP contribution in [0.1, 0.15) is 49.1 Å². The first-order valence-electron chi connectivity index (χ1n) is 8.48. The van der Waals surface area contributed by atoms with E-state index in [1.807, 2.05) is 0 Å². The van der Waals surface area contributed by atoms with Crippen molar-refractivity contribution in [3.8, 4) is 0 Å². The molecular weight excluding hydrogens is 335 g/mol. The Morgan fingerprint density at radius 1 is 1.04 bits per heavy atom. The summed E-state index contributed by atoms with van der Waals surface area (Å²) in [6.45, 7) is 0. The molecule has 3 rings (SSSR count). The highest BCUT2D eigenvalue weighted by Gasteiger charge is 2.44. The average Bonchev–Trinajstić information content (AvgIpc) is 2.92. The number of alkyl halides is 3. The fourth-order valence-corrected chi connectivity index (χ4v) is 3.98. The molecule has 1 aromatic carbocycles. The smallest absolute Gasteiger partial charge is 0.416 e. The first-order chi connectivity index (χ1) is 11.8. The lowest BCUT2D eigenvalue weighted by Gasteiger charge is -2.34. The fraction of sp³-hybridized carbons (Fsp3) is 0.556. The molecular formula is C18H20F3NO3. The Labute approximate surface area is 143 Å². The number of carbonyl (C=O) groups excluding carboxylic acids is 1. The van der Waals surface area contributed by atoms with E-state index in [9.17, 15) is 22.8 Å². The van der Waals surface area contributed by atoms with Gasteiger partial charge in [0, 0.05) is 12.0 Å². The van der Waals surface area contributed by atoms with E-state index in [1.165, 1.54) is 12.1 Å². The van der Waals surface area contributed by atoms with E-state index in [2.05, 4.69) is 5.32 Å². The summed E-state index contributed by atoms with van der Waals surface area (Å²) in [6, 6.07) is 5.10. The largest absolute Gasteiger partial charge is 0.481 e. The second kappa shape index (κ2) is 6.69. The van der Waals surface area contributed by atoms with Crippen LogP contribution < -0.4 is 5.32 Å². The Balaban J connectivity index is 1.76. The van der Waals surface area contributed by atoms with Crippen molar-refractivity contribution in [3.63, 3.8) is 0 Å². The Kier molecular flexibility index (Phi) is 4.75. The van der Waals surface area contributed by atoms with Crippen molar-refractivity contribution in [1.29, 1.82) is 0 Å². The van der Waals surface area contributed by atoms with Crippen molar-refractivity contribution in [1.82, 2.24) is 5.32 Å². The Bertz CT molecular complexity index is 674. The molecule has 0 bridgehead atoms. The van der Waals surface area contributed by atoms with Gasteiger partial charge < -0.3 is 10.4 Å². The number of hydrogen-bond acceptors (Lipinski definition) is 2. The van der Waals surface area contributed by atoms with Gasteiger partial charge >= 0.3 is 12.1 Å². The zero-order valence-electron chi connectivity index (χ0n) is 13.6. The van der Waals surface area contributed by atoms with Gasteiger partial charge in [0.25, 0.3) is 0 Å². The number of nitrogens with one attached hydrogen (secondary N) is 1. The van der Waals surface area contributed by atoms with E-state index >= 15 is 0 Å². The first kappa shape index (κ1) is 17.8. The molecule has 7 heteroatoms. The molecule has 1 aromatic rings. The molecule has 0 heterocycles. The molecule has 2 saturated carbocycles. The summed E-state index contributed by atoms with van der Waals surface area (Å²) in [4.78, 5) is 23.4. The summed E-state index contributed by atoms with van der Waals surface area (Å²) >= 11 is 0. The highest BCUT2D eigenvalue weighted by atomic mass is 19.4. The van der Waals surface area contributed by atoms with Gasteiger partial charge in [-0.05, 0) is 37.3 Å². The van der Waals surface area contributed by atoms with Crippen molar-refractivity contribution in [2.45, 2.75) is 50.2 Å². The van der Waals surface area contributed by atoms with E-state index < -0.39 is 35.5 Å². The number of carbonyl (C=O) groups is 2. The van der Waals surface area contributed by atoms with Gasteiger partial charge in [-0.2, -0.15) is 13.2 Å². The minimum atomic E-state index is -4.43. The molecule has 136 valence electrons. The molecule has 1 amide bonds. The zero-order valence-corrected chi connectivity index (χ0v) is 13.6. The third kappa shape index (κ3) is 3.50. The van der Waals surface area contributed by atoms with Crippen molar-refractivity contribution in [3.05, 3.63) is 35.4 Å². The summed E-state index contributed by atoms with van der Waals surface area (Å²) in [7, 11) is 0. The molecule has 0 spiro atoms. The van der Waals surface area contributed by atoms with Gasteiger partial charge in [-0.3, -0.25) is 9.59 Å². The normalized spacial score (nSPS) is 29.1.